The molecule has 104 valence electrons. The van der Waals surface area contributed by atoms with Crippen LogP contribution in [0, 0.1) is 6.92 Å². The van der Waals surface area contributed by atoms with Gasteiger partial charge in [0.05, 0.1) is 19.5 Å². The lowest BCUT2D eigenvalue weighted by Gasteiger charge is -2.04. The van der Waals surface area contributed by atoms with Gasteiger partial charge in [-0.3, -0.25) is 0 Å². The summed E-state index contributed by atoms with van der Waals surface area (Å²) >= 11 is 0. The number of aromatic nitrogens is 4. The Kier molecular flexibility index (Phi) is 3.51. The van der Waals surface area contributed by atoms with Crippen molar-refractivity contribution in [3.8, 4) is 5.75 Å². The molecule has 0 saturated carbocycles. The van der Waals surface area contributed by atoms with Crippen LogP contribution in [0.4, 0.5) is 5.69 Å². The van der Waals surface area contributed by atoms with Crippen LogP contribution in [-0.2, 0) is 0 Å². The van der Waals surface area contributed by atoms with E-state index in [0.717, 1.165) is 11.3 Å². The zero-order valence-electron chi connectivity index (χ0n) is 11.7. The Morgan fingerprint density at radius 1 is 1.14 bits per heavy atom. The van der Waals surface area contributed by atoms with Crippen molar-refractivity contribution in [3.05, 3.63) is 48.2 Å². The van der Waals surface area contributed by atoms with Crippen molar-refractivity contribution in [1.29, 1.82) is 0 Å². The van der Waals surface area contributed by atoms with E-state index in [4.69, 9.17) is 4.74 Å². The van der Waals surface area contributed by atoms with E-state index in [-0.39, 0.29) is 0 Å². The van der Waals surface area contributed by atoms with Crippen LogP contribution in [0.5, 0.6) is 5.75 Å². The third kappa shape index (κ3) is 2.84. The van der Waals surface area contributed by atoms with Gasteiger partial charge in [-0.25, -0.2) is 24.9 Å². The zero-order valence-corrected chi connectivity index (χ0v) is 11.7. The molecule has 0 atom stereocenters. The quantitative estimate of drug-likeness (QED) is 0.689. The lowest BCUT2D eigenvalue weighted by molar-refractivity contribution is 0.416. The second-order valence-corrected chi connectivity index (χ2v) is 4.43. The number of rotatable bonds is 3. The maximum Gasteiger partial charge on any atom is 0.181 e. The summed E-state index contributed by atoms with van der Waals surface area (Å²) in [5, 5.41) is 0. The molecule has 0 fully saturated rings. The van der Waals surface area contributed by atoms with Crippen molar-refractivity contribution in [2.75, 3.05) is 7.11 Å². The van der Waals surface area contributed by atoms with Gasteiger partial charge in [0.2, 0.25) is 0 Å². The fourth-order valence-electron chi connectivity index (χ4n) is 1.87. The highest BCUT2D eigenvalue weighted by molar-refractivity contribution is 5.81. The van der Waals surface area contributed by atoms with Gasteiger partial charge in [0.25, 0.3) is 0 Å². The molecule has 0 saturated heterocycles. The summed E-state index contributed by atoms with van der Waals surface area (Å²) in [4.78, 5) is 21.2. The first-order valence-electron chi connectivity index (χ1n) is 6.39. The van der Waals surface area contributed by atoms with Crippen LogP contribution in [0.3, 0.4) is 0 Å². The lowest BCUT2D eigenvalue weighted by atomic mass is 10.2. The van der Waals surface area contributed by atoms with Crippen molar-refractivity contribution in [3.63, 3.8) is 0 Å². The highest BCUT2D eigenvalue weighted by Crippen LogP contribution is 2.27. The molecule has 0 spiro atoms. The molecule has 2 heterocycles. The van der Waals surface area contributed by atoms with Crippen molar-refractivity contribution in [2.24, 2.45) is 4.99 Å². The number of nitrogens with zero attached hydrogens (tertiary/aromatic N) is 5. The SMILES string of the molecule is COc1ccc(C)cc1/N=C\c1ncc2nccnc2n1. The van der Waals surface area contributed by atoms with E-state index in [9.17, 15) is 0 Å². The van der Waals surface area contributed by atoms with E-state index in [1.807, 2.05) is 25.1 Å². The van der Waals surface area contributed by atoms with Crippen LogP contribution in [0.25, 0.3) is 11.2 Å². The van der Waals surface area contributed by atoms with Crippen LogP contribution >= 0.6 is 0 Å². The molecule has 0 amide bonds. The van der Waals surface area contributed by atoms with Gasteiger partial charge in [-0.1, -0.05) is 6.07 Å². The number of aliphatic imine (C=N–C) groups is 1. The Morgan fingerprint density at radius 3 is 2.86 bits per heavy atom. The Labute approximate surface area is 121 Å². The second kappa shape index (κ2) is 5.62. The average molecular weight is 279 g/mol. The highest BCUT2D eigenvalue weighted by atomic mass is 16.5. The first-order chi connectivity index (χ1) is 10.3. The normalized spacial score (nSPS) is 11.1. The van der Waals surface area contributed by atoms with E-state index >= 15 is 0 Å². The average Bonchev–Trinajstić information content (AvgIpc) is 2.53. The van der Waals surface area contributed by atoms with Gasteiger partial charge in [-0.2, -0.15) is 0 Å². The number of benzene rings is 1. The highest BCUT2D eigenvalue weighted by Gasteiger charge is 2.02. The molecule has 0 radical (unpaired) electrons. The molecule has 0 bridgehead atoms. The molecule has 21 heavy (non-hydrogen) atoms. The van der Waals surface area contributed by atoms with Crippen LogP contribution in [0.15, 0.2) is 41.8 Å². The lowest BCUT2D eigenvalue weighted by Crippen LogP contribution is -1.96. The predicted molar refractivity (Wildman–Crippen MR) is 80.1 cm³/mol. The number of hydrogen-bond acceptors (Lipinski definition) is 6. The summed E-state index contributed by atoms with van der Waals surface area (Å²) in [6.07, 6.45) is 6.42. The standard InChI is InChI=1S/C15H13N5O/c1-10-3-4-13(21-2)11(7-10)18-9-14-19-8-12-15(20-14)17-6-5-16-12/h3-9H,1-2H3/b18-9-. The number of aryl methyl sites for hydroxylation is 1. The first kappa shape index (κ1) is 13.1. The largest absolute Gasteiger partial charge is 0.494 e. The van der Waals surface area contributed by atoms with E-state index in [1.54, 1.807) is 31.9 Å². The topological polar surface area (TPSA) is 73.2 Å². The van der Waals surface area contributed by atoms with Crippen LogP contribution in [0.1, 0.15) is 11.4 Å². The van der Waals surface area contributed by atoms with E-state index < -0.39 is 0 Å². The summed E-state index contributed by atoms with van der Waals surface area (Å²) in [7, 11) is 1.62. The zero-order chi connectivity index (χ0) is 14.7. The summed E-state index contributed by atoms with van der Waals surface area (Å²) in [6, 6.07) is 5.80. The van der Waals surface area contributed by atoms with Crippen molar-refractivity contribution in [1.82, 2.24) is 19.9 Å². The van der Waals surface area contributed by atoms with Crippen LogP contribution in [0.2, 0.25) is 0 Å². The number of ether oxygens (including phenoxy) is 1. The molecule has 0 aliphatic heterocycles. The van der Waals surface area contributed by atoms with Crippen molar-refractivity contribution < 1.29 is 4.74 Å². The predicted octanol–water partition coefficient (Wildman–Crippen LogP) is 2.49. The van der Waals surface area contributed by atoms with Crippen molar-refractivity contribution in [2.45, 2.75) is 6.92 Å². The summed E-state index contributed by atoms with van der Waals surface area (Å²) < 4.78 is 5.28. The maximum absolute atomic E-state index is 5.28. The summed E-state index contributed by atoms with van der Waals surface area (Å²) in [5.41, 5.74) is 3.04. The summed E-state index contributed by atoms with van der Waals surface area (Å²) in [5.74, 6) is 1.18. The minimum absolute atomic E-state index is 0.478. The third-order valence-electron chi connectivity index (χ3n) is 2.90. The molecule has 2 aromatic heterocycles. The van der Waals surface area contributed by atoms with Crippen LogP contribution < -0.4 is 4.74 Å². The van der Waals surface area contributed by atoms with Gasteiger partial charge in [-0.15, -0.1) is 0 Å². The molecule has 6 nitrogen and oxygen atoms in total. The number of fused-ring (bicyclic) bond motifs is 1. The van der Waals surface area contributed by atoms with Gasteiger partial charge in [0.15, 0.2) is 11.5 Å². The molecular formula is C15H13N5O. The fourth-order valence-corrected chi connectivity index (χ4v) is 1.87. The maximum atomic E-state index is 5.28. The Morgan fingerprint density at radius 2 is 2.00 bits per heavy atom. The first-order valence-corrected chi connectivity index (χ1v) is 6.39. The number of hydrogen-bond donors (Lipinski definition) is 0. The van der Waals surface area contributed by atoms with Gasteiger partial charge in [0, 0.05) is 12.4 Å². The fraction of sp³-hybridized carbons (Fsp3) is 0.133. The van der Waals surface area contributed by atoms with Gasteiger partial charge >= 0.3 is 0 Å². The van der Waals surface area contributed by atoms with E-state index in [2.05, 4.69) is 24.9 Å². The van der Waals surface area contributed by atoms with Crippen molar-refractivity contribution >= 4 is 23.1 Å². The van der Waals surface area contributed by atoms with Gasteiger partial charge in [-0.05, 0) is 24.6 Å². The summed E-state index contributed by atoms with van der Waals surface area (Å²) in [6.45, 7) is 2.00. The Hall–Kier alpha value is -2.89. The molecule has 6 heteroatoms. The van der Waals surface area contributed by atoms with Gasteiger partial charge in [0.1, 0.15) is 17.0 Å². The molecule has 1 aromatic carbocycles. The molecule has 0 aliphatic rings. The Bertz CT molecular complexity index is 816. The molecule has 0 N–H and O–H groups in total. The Balaban J connectivity index is 1.96. The third-order valence-corrected chi connectivity index (χ3v) is 2.90. The molecular weight excluding hydrogens is 266 g/mol. The molecule has 3 rings (SSSR count). The minimum Gasteiger partial charge on any atom is -0.494 e. The molecule has 0 aliphatic carbocycles. The van der Waals surface area contributed by atoms with E-state index in [0.29, 0.717) is 22.7 Å². The van der Waals surface area contributed by atoms with E-state index in [1.165, 1.54) is 0 Å². The minimum atomic E-state index is 0.478. The van der Waals surface area contributed by atoms with Gasteiger partial charge < -0.3 is 4.74 Å². The molecule has 0 unspecified atom stereocenters. The second-order valence-electron chi connectivity index (χ2n) is 4.43. The van der Waals surface area contributed by atoms with Crippen LogP contribution in [-0.4, -0.2) is 33.3 Å². The molecule has 3 aromatic rings. The number of methoxy groups -OCH3 is 1. The smallest absolute Gasteiger partial charge is 0.181 e. The monoisotopic (exact) mass is 279 g/mol.